The van der Waals surface area contributed by atoms with Crippen molar-refractivity contribution in [3.05, 3.63) is 139 Å². The number of benzene rings is 5. The number of ether oxygens (including phenoxy) is 1. The van der Waals surface area contributed by atoms with E-state index >= 15 is 0 Å². The Morgan fingerprint density at radius 3 is 2.24 bits per heavy atom. The summed E-state index contributed by atoms with van der Waals surface area (Å²) in [6.45, 7) is 4.47. The number of hydrogen-bond donors (Lipinski definition) is 0. The van der Waals surface area contributed by atoms with E-state index in [2.05, 4.69) is 127 Å². The van der Waals surface area contributed by atoms with Crippen molar-refractivity contribution in [2.75, 3.05) is 23.7 Å². The van der Waals surface area contributed by atoms with E-state index < -0.39 is 0 Å². The molecular weight excluding hydrogens is 798 g/mol. The van der Waals surface area contributed by atoms with Crippen molar-refractivity contribution in [1.82, 2.24) is 14.1 Å². The Bertz CT molecular complexity index is 2570. The van der Waals surface area contributed by atoms with E-state index in [1.165, 1.54) is 16.6 Å². The molecule has 4 heterocycles. The van der Waals surface area contributed by atoms with E-state index in [9.17, 15) is 0 Å². The van der Waals surface area contributed by atoms with Crippen molar-refractivity contribution in [2.45, 2.75) is 13.8 Å². The molecule has 1 aliphatic heterocycles. The molecule has 248 valence electrons. The Labute approximate surface area is 306 Å². The van der Waals surface area contributed by atoms with Crippen LogP contribution in [0.3, 0.4) is 0 Å². The number of fused-ring (bicyclic) bond motifs is 5. The van der Waals surface area contributed by atoms with Gasteiger partial charge in [-0.3, -0.25) is 0 Å². The molecule has 9 heteroatoms. The fraction of sp³-hybridized carbons (Fsp3) is 0.122. The molecule has 0 aliphatic carbocycles. The Morgan fingerprint density at radius 2 is 1.42 bits per heavy atom. The van der Waals surface area contributed by atoms with Gasteiger partial charge < -0.3 is 28.1 Å². The van der Waals surface area contributed by atoms with Crippen molar-refractivity contribution in [2.24, 2.45) is 7.05 Å². The zero-order valence-electron chi connectivity index (χ0n) is 28.4. The van der Waals surface area contributed by atoms with E-state index in [0.717, 1.165) is 55.7 Å². The SMILES string of the molecule is Cc1cccc(C)c1B1N(C)c2cnc(-n3c4[c-]c(Oc5[c-]c(-n6[c-][n+](C)c7ccccc76)ccc5)ccc4c4ccccc43)cc2N1C.[Pt]. The molecule has 50 heavy (non-hydrogen) atoms. The van der Waals surface area contributed by atoms with Crippen LogP contribution in [0.1, 0.15) is 11.1 Å². The minimum absolute atomic E-state index is 0. The molecule has 0 saturated heterocycles. The summed E-state index contributed by atoms with van der Waals surface area (Å²) in [6, 6.07) is 42.4. The van der Waals surface area contributed by atoms with Crippen molar-refractivity contribution in [3.8, 4) is 23.0 Å². The number of pyridine rings is 1. The number of hydrogen-bond acceptors (Lipinski definition) is 4. The molecule has 0 fully saturated rings. The van der Waals surface area contributed by atoms with Gasteiger partial charge in [-0.05, 0) is 44.9 Å². The Morgan fingerprint density at radius 1 is 0.720 bits per heavy atom. The van der Waals surface area contributed by atoms with Crippen LogP contribution in [0, 0.1) is 32.3 Å². The normalized spacial score (nSPS) is 12.6. The monoisotopic (exact) mass is 831 g/mol. The fourth-order valence-corrected chi connectivity index (χ4v) is 7.54. The van der Waals surface area contributed by atoms with Crippen LogP contribution in [0.2, 0.25) is 0 Å². The number of para-hydroxylation sites is 3. The molecule has 5 aromatic carbocycles. The van der Waals surface area contributed by atoms with Gasteiger partial charge in [-0.2, -0.15) is 18.2 Å². The number of nitrogens with zero attached hydrogens (tertiary/aromatic N) is 6. The van der Waals surface area contributed by atoms with Crippen LogP contribution in [0.15, 0.2) is 109 Å². The fourth-order valence-electron chi connectivity index (χ4n) is 7.54. The first kappa shape index (κ1) is 31.9. The standard InChI is InChI=1S/C41H33BN6O.Pt/c1-27-12-10-13-28(2)41(27)42-45(4)38-24-40(43-25-39(38)46(42)5)48-34-17-7-6-16-32(34)33-21-20-31(23-37(33)48)49-30-15-11-14-29(22-30)47-26-44(3)35-18-8-9-19-36(35)47;/h6-21,24-25H,1-5H3;/q-2;. The third-order valence-corrected chi connectivity index (χ3v) is 9.88. The van der Waals surface area contributed by atoms with Crippen LogP contribution in [0.5, 0.6) is 11.5 Å². The molecule has 3 aromatic heterocycles. The van der Waals surface area contributed by atoms with E-state index in [1.54, 1.807) is 0 Å². The molecule has 1 aliphatic rings. The average molecular weight is 832 g/mol. The molecule has 0 saturated carbocycles. The second-order valence-electron chi connectivity index (χ2n) is 12.9. The number of aromatic nitrogens is 4. The molecule has 0 N–H and O–H groups in total. The quantitative estimate of drug-likeness (QED) is 0.106. The predicted octanol–water partition coefficient (Wildman–Crippen LogP) is 7.04. The summed E-state index contributed by atoms with van der Waals surface area (Å²) in [5.74, 6) is 2.03. The number of imidazole rings is 1. The van der Waals surface area contributed by atoms with Crippen LogP contribution in [-0.4, -0.2) is 35.2 Å². The van der Waals surface area contributed by atoms with Gasteiger partial charge in [0, 0.05) is 44.1 Å². The predicted molar refractivity (Wildman–Crippen MR) is 198 cm³/mol. The van der Waals surface area contributed by atoms with Crippen molar-refractivity contribution in [1.29, 1.82) is 0 Å². The van der Waals surface area contributed by atoms with Gasteiger partial charge in [-0.1, -0.05) is 83.0 Å². The largest absolute Gasteiger partial charge is 0.510 e. The van der Waals surface area contributed by atoms with Crippen LogP contribution >= 0.6 is 0 Å². The molecule has 0 spiro atoms. The van der Waals surface area contributed by atoms with Gasteiger partial charge in [0.15, 0.2) is 0 Å². The maximum absolute atomic E-state index is 6.45. The molecular formula is C41H33BN6OPt-2. The van der Waals surface area contributed by atoms with E-state index in [4.69, 9.17) is 9.72 Å². The van der Waals surface area contributed by atoms with Crippen molar-refractivity contribution in [3.63, 3.8) is 0 Å². The first-order valence-corrected chi connectivity index (χ1v) is 16.4. The van der Waals surface area contributed by atoms with Gasteiger partial charge in [0.2, 0.25) is 6.33 Å². The second-order valence-corrected chi connectivity index (χ2v) is 12.9. The van der Waals surface area contributed by atoms with E-state index in [1.807, 2.05) is 58.8 Å². The van der Waals surface area contributed by atoms with E-state index in [-0.39, 0.29) is 28.0 Å². The van der Waals surface area contributed by atoms with Crippen LogP contribution in [-0.2, 0) is 28.1 Å². The molecule has 0 bridgehead atoms. The van der Waals surface area contributed by atoms with Gasteiger partial charge in [0.05, 0.1) is 35.7 Å². The first-order chi connectivity index (χ1) is 23.9. The third kappa shape index (κ3) is 4.92. The van der Waals surface area contributed by atoms with E-state index in [0.29, 0.717) is 11.5 Å². The molecule has 0 radical (unpaired) electrons. The smallest absolute Gasteiger partial charge is 0.411 e. The summed E-state index contributed by atoms with van der Waals surface area (Å²) < 4.78 is 12.6. The zero-order valence-corrected chi connectivity index (χ0v) is 30.6. The van der Waals surface area contributed by atoms with Crippen molar-refractivity contribution >= 4 is 56.7 Å². The van der Waals surface area contributed by atoms with Gasteiger partial charge in [0.1, 0.15) is 5.82 Å². The molecule has 0 atom stereocenters. The summed E-state index contributed by atoms with van der Waals surface area (Å²) in [4.78, 5) is 9.74. The molecule has 0 amide bonds. The van der Waals surface area contributed by atoms with Gasteiger partial charge in [-0.25, -0.2) is 4.98 Å². The maximum Gasteiger partial charge on any atom is 0.411 e. The van der Waals surface area contributed by atoms with Gasteiger partial charge in [0.25, 0.3) is 0 Å². The van der Waals surface area contributed by atoms with Crippen LogP contribution in [0.4, 0.5) is 11.4 Å². The molecule has 0 unspecified atom stereocenters. The minimum Gasteiger partial charge on any atom is -0.510 e. The molecule has 8 aromatic rings. The third-order valence-electron chi connectivity index (χ3n) is 9.88. The minimum atomic E-state index is 0. The second kappa shape index (κ2) is 12.2. The van der Waals surface area contributed by atoms with Gasteiger partial charge in [-0.15, -0.1) is 29.7 Å². The Kier molecular flexibility index (Phi) is 7.80. The maximum atomic E-state index is 6.45. The number of anilines is 2. The summed E-state index contributed by atoms with van der Waals surface area (Å²) in [5, 5.41) is 2.22. The number of aryl methyl sites for hydroxylation is 3. The van der Waals surface area contributed by atoms with Crippen LogP contribution < -0.4 is 24.4 Å². The zero-order chi connectivity index (χ0) is 33.4. The van der Waals surface area contributed by atoms with Crippen LogP contribution in [0.25, 0.3) is 44.3 Å². The Hall–Kier alpha value is -5.33. The Balaban J connectivity index is 0.00000361. The first-order valence-electron chi connectivity index (χ1n) is 16.4. The average Bonchev–Trinajstić information content (AvgIpc) is 3.71. The summed E-state index contributed by atoms with van der Waals surface area (Å²) in [7, 11) is 6.32. The van der Waals surface area contributed by atoms with Crippen molar-refractivity contribution < 1.29 is 30.4 Å². The molecule has 9 rings (SSSR count). The summed E-state index contributed by atoms with van der Waals surface area (Å²) >= 11 is 0. The number of rotatable bonds is 5. The summed E-state index contributed by atoms with van der Waals surface area (Å²) in [5.41, 5.74) is 11.1. The van der Waals surface area contributed by atoms with Gasteiger partial charge >= 0.3 is 6.98 Å². The topological polar surface area (TPSA) is 42.3 Å². The molecule has 7 nitrogen and oxygen atoms in total. The summed E-state index contributed by atoms with van der Waals surface area (Å²) in [6.07, 6.45) is 5.39.